The molecule has 0 radical (unpaired) electrons. The Bertz CT molecular complexity index is 219. The summed E-state index contributed by atoms with van der Waals surface area (Å²) in [5.41, 5.74) is 0. The second kappa shape index (κ2) is 10.6. The SMILES string of the molecule is CC(C)CN(CCCCCCNC(C)C)C1CCCC1. The second-order valence-electron chi connectivity index (χ2n) is 7.35. The molecule has 120 valence electrons. The van der Waals surface area contributed by atoms with Crippen molar-refractivity contribution in [3.63, 3.8) is 0 Å². The van der Waals surface area contributed by atoms with Crippen LogP contribution in [0.25, 0.3) is 0 Å². The Labute approximate surface area is 127 Å². The molecule has 0 aromatic carbocycles. The van der Waals surface area contributed by atoms with Crippen LogP contribution in [0.1, 0.15) is 79.1 Å². The second-order valence-corrected chi connectivity index (χ2v) is 7.35. The molecule has 0 aliphatic heterocycles. The van der Waals surface area contributed by atoms with Gasteiger partial charge in [-0.2, -0.15) is 0 Å². The van der Waals surface area contributed by atoms with Crippen LogP contribution in [0.5, 0.6) is 0 Å². The summed E-state index contributed by atoms with van der Waals surface area (Å²) >= 11 is 0. The van der Waals surface area contributed by atoms with Crippen molar-refractivity contribution in [3.8, 4) is 0 Å². The van der Waals surface area contributed by atoms with Crippen LogP contribution in [0.2, 0.25) is 0 Å². The zero-order valence-electron chi connectivity index (χ0n) is 14.5. The van der Waals surface area contributed by atoms with Gasteiger partial charge in [0.15, 0.2) is 0 Å². The molecule has 0 aromatic rings. The van der Waals surface area contributed by atoms with E-state index in [0.717, 1.165) is 12.0 Å². The zero-order valence-corrected chi connectivity index (χ0v) is 14.5. The largest absolute Gasteiger partial charge is 0.315 e. The molecule has 1 N–H and O–H groups in total. The summed E-state index contributed by atoms with van der Waals surface area (Å²) in [6, 6.07) is 1.54. The number of nitrogens with zero attached hydrogens (tertiary/aromatic N) is 1. The summed E-state index contributed by atoms with van der Waals surface area (Å²) < 4.78 is 0. The highest BCUT2D eigenvalue weighted by molar-refractivity contribution is 4.78. The lowest BCUT2D eigenvalue weighted by molar-refractivity contribution is 0.173. The predicted molar refractivity (Wildman–Crippen MR) is 90.3 cm³/mol. The molecule has 0 saturated heterocycles. The van der Waals surface area contributed by atoms with Crippen LogP contribution in [0, 0.1) is 5.92 Å². The van der Waals surface area contributed by atoms with E-state index in [1.807, 2.05) is 0 Å². The van der Waals surface area contributed by atoms with Crippen molar-refractivity contribution in [3.05, 3.63) is 0 Å². The van der Waals surface area contributed by atoms with Crippen molar-refractivity contribution in [2.45, 2.75) is 91.1 Å². The van der Waals surface area contributed by atoms with Gasteiger partial charge >= 0.3 is 0 Å². The maximum atomic E-state index is 3.51. The van der Waals surface area contributed by atoms with E-state index in [4.69, 9.17) is 0 Å². The van der Waals surface area contributed by atoms with E-state index in [-0.39, 0.29) is 0 Å². The van der Waals surface area contributed by atoms with E-state index in [1.165, 1.54) is 71.0 Å². The summed E-state index contributed by atoms with van der Waals surface area (Å²) in [6.07, 6.45) is 11.3. The fraction of sp³-hybridized carbons (Fsp3) is 1.00. The van der Waals surface area contributed by atoms with Gasteiger partial charge < -0.3 is 10.2 Å². The molecule has 0 atom stereocenters. The highest BCUT2D eigenvalue weighted by Gasteiger charge is 2.22. The van der Waals surface area contributed by atoms with Crippen molar-refractivity contribution >= 4 is 0 Å². The number of nitrogens with one attached hydrogen (secondary N) is 1. The standard InChI is InChI=1S/C18H38N2/c1-16(2)15-20(18-11-7-8-12-18)14-10-6-5-9-13-19-17(3)4/h16-19H,5-15H2,1-4H3. The third kappa shape index (κ3) is 8.26. The smallest absolute Gasteiger partial charge is 0.00953 e. The maximum Gasteiger partial charge on any atom is 0.00953 e. The number of hydrogen-bond acceptors (Lipinski definition) is 2. The Hall–Kier alpha value is -0.0800. The van der Waals surface area contributed by atoms with Crippen LogP contribution in [0.15, 0.2) is 0 Å². The Morgan fingerprint density at radius 2 is 1.60 bits per heavy atom. The van der Waals surface area contributed by atoms with E-state index in [1.54, 1.807) is 0 Å². The summed E-state index contributed by atoms with van der Waals surface area (Å²) in [5, 5.41) is 3.51. The third-order valence-corrected chi connectivity index (χ3v) is 4.37. The lowest BCUT2D eigenvalue weighted by Crippen LogP contribution is -2.37. The van der Waals surface area contributed by atoms with Gasteiger partial charge in [0, 0.05) is 18.6 Å². The zero-order chi connectivity index (χ0) is 14.8. The van der Waals surface area contributed by atoms with E-state index in [9.17, 15) is 0 Å². The minimum atomic E-state index is 0.638. The van der Waals surface area contributed by atoms with Gasteiger partial charge in [-0.1, -0.05) is 53.4 Å². The molecule has 1 aliphatic carbocycles. The van der Waals surface area contributed by atoms with Crippen molar-refractivity contribution in [2.75, 3.05) is 19.6 Å². The molecular formula is C18H38N2. The Kier molecular flexibility index (Phi) is 9.54. The van der Waals surface area contributed by atoms with E-state index in [2.05, 4.69) is 37.9 Å². The van der Waals surface area contributed by atoms with Gasteiger partial charge in [-0.15, -0.1) is 0 Å². The predicted octanol–water partition coefficient (Wildman–Crippen LogP) is 4.45. The van der Waals surface area contributed by atoms with Gasteiger partial charge in [0.25, 0.3) is 0 Å². The van der Waals surface area contributed by atoms with Crippen LogP contribution in [0.4, 0.5) is 0 Å². The molecule has 1 rings (SSSR count). The highest BCUT2D eigenvalue weighted by atomic mass is 15.2. The summed E-state index contributed by atoms with van der Waals surface area (Å²) in [5.74, 6) is 0.811. The molecule has 1 saturated carbocycles. The molecule has 0 bridgehead atoms. The Balaban J connectivity index is 2.09. The lowest BCUT2D eigenvalue weighted by Gasteiger charge is -2.30. The minimum Gasteiger partial charge on any atom is -0.315 e. The molecule has 20 heavy (non-hydrogen) atoms. The van der Waals surface area contributed by atoms with Gasteiger partial charge in [-0.05, 0) is 44.7 Å². The molecule has 1 fully saturated rings. The number of hydrogen-bond donors (Lipinski definition) is 1. The first-order valence-corrected chi connectivity index (χ1v) is 9.07. The normalized spacial score (nSPS) is 16.9. The molecule has 0 unspecified atom stereocenters. The van der Waals surface area contributed by atoms with Crippen LogP contribution in [0.3, 0.4) is 0 Å². The fourth-order valence-corrected chi connectivity index (χ4v) is 3.35. The summed E-state index contributed by atoms with van der Waals surface area (Å²) in [7, 11) is 0. The molecule has 1 aliphatic rings. The van der Waals surface area contributed by atoms with Gasteiger partial charge in [0.2, 0.25) is 0 Å². The number of unbranched alkanes of at least 4 members (excludes halogenated alkanes) is 3. The van der Waals surface area contributed by atoms with Crippen molar-refractivity contribution < 1.29 is 0 Å². The minimum absolute atomic E-state index is 0.638. The van der Waals surface area contributed by atoms with E-state index in [0.29, 0.717) is 6.04 Å². The van der Waals surface area contributed by atoms with Crippen molar-refractivity contribution in [1.82, 2.24) is 10.2 Å². The summed E-state index contributed by atoms with van der Waals surface area (Å²) in [6.45, 7) is 13.0. The summed E-state index contributed by atoms with van der Waals surface area (Å²) in [4.78, 5) is 2.80. The van der Waals surface area contributed by atoms with Crippen molar-refractivity contribution in [2.24, 2.45) is 5.92 Å². The van der Waals surface area contributed by atoms with Gasteiger partial charge in [-0.3, -0.25) is 0 Å². The first kappa shape index (κ1) is 18.0. The molecule has 2 nitrogen and oxygen atoms in total. The maximum absolute atomic E-state index is 3.51. The Morgan fingerprint density at radius 3 is 2.20 bits per heavy atom. The molecule has 2 heteroatoms. The fourth-order valence-electron chi connectivity index (χ4n) is 3.35. The van der Waals surface area contributed by atoms with Crippen LogP contribution in [-0.2, 0) is 0 Å². The van der Waals surface area contributed by atoms with Crippen LogP contribution < -0.4 is 5.32 Å². The van der Waals surface area contributed by atoms with Crippen molar-refractivity contribution in [1.29, 1.82) is 0 Å². The third-order valence-electron chi connectivity index (χ3n) is 4.37. The molecule has 0 spiro atoms. The lowest BCUT2D eigenvalue weighted by atomic mass is 10.1. The first-order chi connectivity index (χ1) is 9.59. The molecule has 0 amide bonds. The Morgan fingerprint density at radius 1 is 0.950 bits per heavy atom. The van der Waals surface area contributed by atoms with Gasteiger partial charge in [0.05, 0.1) is 0 Å². The van der Waals surface area contributed by atoms with E-state index >= 15 is 0 Å². The number of rotatable bonds is 11. The van der Waals surface area contributed by atoms with Crippen LogP contribution in [-0.4, -0.2) is 36.6 Å². The van der Waals surface area contributed by atoms with Gasteiger partial charge in [-0.25, -0.2) is 0 Å². The van der Waals surface area contributed by atoms with Crippen LogP contribution >= 0.6 is 0 Å². The monoisotopic (exact) mass is 282 g/mol. The molecular weight excluding hydrogens is 244 g/mol. The quantitative estimate of drug-likeness (QED) is 0.563. The highest BCUT2D eigenvalue weighted by Crippen LogP contribution is 2.24. The van der Waals surface area contributed by atoms with E-state index < -0.39 is 0 Å². The average molecular weight is 283 g/mol. The average Bonchev–Trinajstić information content (AvgIpc) is 2.89. The molecule has 0 heterocycles. The topological polar surface area (TPSA) is 15.3 Å². The van der Waals surface area contributed by atoms with Gasteiger partial charge in [0.1, 0.15) is 0 Å². The first-order valence-electron chi connectivity index (χ1n) is 9.07. The molecule has 0 aromatic heterocycles.